The quantitative estimate of drug-likeness (QED) is 0.434. The standard InChI is InChI=1S/C24H22N6O/c1-15(2)14-21(31)26-17-11-9-16(10-12-17)23-28-29-24-18-6-3-4-7-19(18)27-22-20(30(23)24)8-5-13-25-22/h3-13,15H,14H2,1-2H3,(H,25,27)(H,26,31). The lowest BCUT2D eigenvalue weighted by Gasteiger charge is -2.11. The fraction of sp³-hybridized carbons (Fsp3) is 0.167. The van der Waals surface area contributed by atoms with Crippen molar-refractivity contribution in [3.8, 4) is 28.5 Å². The van der Waals surface area contributed by atoms with Crippen LogP contribution in [0, 0.1) is 5.92 Å². The van der Waals surface area contributed by atoms with E-state index < -0.39 is 0 Å². The number of fused-ring (bicyclic) bond motifs is 5. The second-order valence-corrected chi connectivity index (χ2v) is 7.95. The average molecular weight is 410 g/mol. The molecule has 0 saturated heterocycles. The summed E-state index contributed by atoms with van der Waals surface area (Å²) in [5.41, 5.74) is 4.43. The maximum Gasteiger partial charge on any atom is 0.224 e. The SMILES string of the molecule is CC(C)CC(=O)Nc1ccc(-c2nnc3n2-c2cccnc2Nc2ccccc2-3)cc1. The number of para-hydroxylation sites is 1. The maximum absolute atomic E-state index is 12.1. The largest absolute Gasteiger partial charge is 0.338 e. The van der Waals surface area contributed by atoms with Crippen LogP contribution in [0.1, 0.15) is 20.3 Å². The third-order valence-electron chi connectivity index (χ3n) is 5.13. The average Bonchev–Trinajstić information content (AvgIpc) is 3.13. The first-order valence-corrected chi connectivity index (χ1v) is 10.3. The van der Waals surface area contributed by atoms with Gasteiger partial charge in [-0.05, 0) is 54.4 Å². The highest BCUT2D eigenvalue weighted by Gasteiger charge is 2.24. The zero-order chi connectivity index (χ0) is 21.4. The van der Waals surface area contributed by atoms with Crippen molar-refractivity contribution in [1.82, 2.24) is 19.7 Å². The topological polar surface area (TPSA) is 84.7 Å². The molecule has 3 heterocycles. The molecule has 0 unspecified atom stereocenters. The van der Waals surface area contributed by atoms with E-state index in [1.165, 1.54) is 0 Å². The van der Waals surface area contributed by atoms with Crippen LogP contribution in [0.15, 0.2) is 66.9 Å². The van der Waals surface area contributed by atoms with Crippen molar-refractivity contribution in [1.29, 1.82) is 0 Å². The predicted octanol–water partition coefficient (Wildman–Crippen LogP) is 5.04. The molecule has 4 aromatic rings. The lowest BCUT2D eigenvalue weighted by Crippen LogP contribution is -2.13. The molecule has 0 radical (unpaired) electrons. The van der Waals surface area contributed by atoms with E-state index in [1.54, 1.807) is 6.20 Å². The molecule has 0 saturated carbocycles. The van der Waals surface area contributed by atoms with Gasteiger partial charge in [-0.3, -0.25) is 9.36 Å². The number of hydrogen-bond acceptors (Lipinski definition) is 5. The Labute approximate surface area is 180 Å². The zero-order valence-electron chi connectivity index (χ0n) is 17.3. The van der Waals surface area contributed by atoms with E-state index in [1.807, 2.05) is 79.1 Å². The van der Waals surface area contributed by atoms with Crippen molar-refractivity contribution in [2.75, 3.05) is 10.6 Å². The molecule has 0 spiro atoms. The van der Waals surface area contributed by atoms with E-state index in [4.69, 9.17) is 0 Å². The molecule has 0 aliphatic carbocycles. The van der Waals surface area contributed by atoms with Crippen molar-refractivity contribution < 1.29 is 4.79 Å². The highest BCUT2D eigenvalue weighted by atomic mass is 16.1. The number of carbonyl (C=O) groups excluding carboxylic acids is 1. The van der Waals surface area contributed by atoms with Gasteiger partial charge in [-0.1, -0.05) is 26.0 Å². The van der Waals surface area contributed by atoms with Crippen LogP contribution in [0.2, 0.25) is 0 Å². The van der Waals surface area contributed by atoms with Crippen LogP contribution in [-0.2, 0) is 4.79 Å². The Hall–Kier alpha value is -4.00. The number of carbonyl (C=O) groups is 1. The molecule has 2 N–H and O–H groups in total. The number of aromatic nitrogens is 4. The summed E-state index contributed by atoms with van der Waals surface area (Å²) < 4.78 is 2.02. The number of amides is 1. The van der Waals surface area contributed by atoms with Crippen molar-refractivity contribution in [3.63, 3.8) is 0 Å². The number of rotatable bonds is 4. The van der Waals surface area contributed by atoms with E-state index in [9.17, 15) is 4.79 Å². The number of hydrogen-bond donors (Lipinski definition) is 2. The van der Waals surface area contributed by atoms with E-state index in [0.717, 1.165) is 39.8 Å². The number of nitrogens with one attached hydrogen (secondary N) is 2. The molecule has 0 atom stereocenters. The Morgan fingerprint density at radius 1 is 1.00 bits per heavy atom. The van der Waals surface area contributed by atoms with E-state index >= 15 is 0 Å². The minimum atomic E-state index is 0.0155. The molecule has 2 aromatic carbocycles. The fourth-order valence-corrected chi connectivity index (χ4v) is 3.75. The van der Waals surface area contributed by atoms with Gasteiger partial charge in [0.2, 0.25) is 5.91 Å². The van der Waals surface area contributed by atoms with E-state index in [2.05, 4.69) is 25.8 Å². The second kappa shape index (κ2) is 7.68. The lowest BCUT2D eigenvalue weighted by atomic mass is 10.1. The minimum Gasteiger partial charge on any atom is -0.338 e. The van der Waals surface area contributed by atoms with Crippen molar-refractivity contribution in [2.45, 2.75) is 20.3 Å². The van der Waals surface area contributed by atoms with Gasteiger partial charge in [0.15, 0.2) is 17.5 Å². The van der Waals surface area contributed by atoms with Crippen LogP contribution >= 0.6 is 0 Å². The molecule has 7 nitrogen and oxygen atoms in total. The first-order valence-electron chi connectivity index (χ1n) is 10.3. The molecule has 7 heteroatoms. The predicted molar refractivity (Wildman–Crippen MR) is 121 cm³/mol. The molecule has 0 fully saturated rings. The molecule has 1 amide bonds. The van der Waals surface area contributed by atoms with E-state index in [0.29, 0.717) is 18.2 Å². The Morgan fingerprint density at radius 2 is 1.77 bits per heavy atom. The van der Waals surface area contributed by atoms with Crippen LogP contribution < -0.4 is 10.6 Å². The molecule has 1 aliphatic rings. The van der Waals surface area contributed by atoms with E-state index in [-0.39, 0.29) is 5.91 Å². The Morgan fingerprint density at radius 3 is 2.58 bits per heavy atom. The monoisotopic (exact) mass is 410 g/mol. The Balaban J connectivity index is 1.57. The van der Waals surface area contributed by atoms with Crippen LogP contribution in [0.3, 0.4) is 0 Å². The molecule has 5 rings (SSSR count). The smallest absolute Gasteiger partial charge is 0.224 e. The lowest BCUT2D eigenvalue weighted by molar-refractivity contribution is -0.116. The van der Waals surface area contributed by atoms with Gasteiger partial charge in [0.1, 0.15) is 0 Å². The molecule has 2 aromatic heterocycles. The van der Waals surface area contributed by atoms with Crippen LogP contribution in [-0.4, -0.2) is 25.7 Å². The first kappa shape index (κ1) is 19.0. The van der Waals surface area contributed by atoms with Gasteiger partial charge in [0.05, 0.1) is 11.4 Å². The minimum absolute atomic E-state index is 0.0155. The molecular weight excluding hydrogens is 388 g/mol. The summed E-state index contributed by atoms with van der Waals surface area (Å²) in [5.74, 6) is 2.53. The zero-order valence-corrected chi connectivity index (χ0v) is 17.3. The summed E-state index contributed by atoms with van der Waals surface area (Å²) in [6, 6.07) is 19.6. The molecule has 0 bridgehead atoms. The van der Waals surface area contributed by atoms with Gasteiger partial charge >= 0.3 is 0 Å². The summed E-state index contributed by atoms with van der Waals surface area (Å²) in [7, 11) is 0. The van der Waals surface area contributed by atoms with Crippen LogP contribution in [0.4, 0.5) is 17.2 Å². The van der Waals surface area contributed by atoms with Gasteiger partial charge in [-0.15, -0.1) is 10.2 Å². The van der Waals surface area contributed by atoms with Gasteiger partial charge in [-0.25, -0.2) is 4.98 Å². The van der Waals surface area contributed by atoms with Gasteiger partial charge < -0.3 is 10.6 Å². The van der Waals surface area contributed by atoms with Crippen LogP contribution in [0.5, 0.6) is 0 Å². The van der Waals surface area contributed by atoms with Gasteiger partial charge in [0, 0.05) is 29.4 Å². The highest BCUT2D eigenvalue weighted by molar-refractivity contribution is 5.91. The number of nitrogens with zero attached hydrogens (tertiary/aromatic N) is 4. The maximum atomic E-state index is 12.1. The number of anilines is 3. The third-order valence-corrected chi connectivity index (χ3v) is 5.13. The van der Waals surface area contributed by atoms with Crippen molar-refractivity contribution in [2.24, 2.45) is 5.92 Å². The van der Waals surface area contributed by atoms with Crippen LogP contribution in [0.25, 0.3) is 28.5 Å². The molecule has 31 heavy (non-hydrogen) atoms. The molecule has 1 aliphatic heterocycles. The summed E-state index contributed by atoms with van der Waals surface area (Å²) >= 11 is 0. The first-order chi connectivity index (χ1) is 15.1. The summed E-state index contributed by atoms with van der Waals surface area (Å²) in [6.07, 6.45) is 2.26. The molecular formula is C24H22N6O. The number of benzene rings is 2. The van der Waals surface area contributed by atoms with Crippen molar-refractivity contribution >= 4 is 23.1 Å². The summed E-state index contributed by atoms with van der Waals surface area (Å²) in [6.45, 7) is 4.05. The Bertz CT molecular complexity index is 1260. The summed E-state index contributed by atoms with van der Waals surface area (Å²) in [4.78, 5) is 16.6. The fourth-order valence-electron chi connectivity index (χ4n) is 3.75. The third kappa shape index (κ3) is 3.54. The highest BCUT2D eigenvalue weighted by Crippen LogP contribution is 2.39. The normalized spacial score (nSPS) is 11.7. The second-order valence-electron chi connectivity index (χ2n) is 7.95. The summed E-state index contributed by atoms with van der Waals surface area (Å²) in [5, 5.41) is 15.4. The van der Waals surface area contributed by atoms with Gasteiger partial charge in [0.25, 0.3) is 0 Å². The number of pyridine rings is 1. The Kier molecular flexibility index (Phi) is 4.71. The van der Waals surface area contributed by atoms with Crippen molar-refractivity contribution in [3.05, 3.63) is 66.9 Å². The molecule has 154 valence electrons. The van der Waals surface area contributed by atoms with Gasteiger partial charge in [-0.2, -0.15) is 0 Å².